The lowest BCUT2D eigenvalue weighted by Gasteiger charge is -2.20. The summed E-state index contributed by atoms with van der Waals surface area (Å²) >= 11 is 0. The second kappa shape index (κ2) is 4.63. The molecule has 1 fully saturated rings. The van der Waals surface area contributed by atoms with Gasteiger partial charge in [0.05, 0.1) is 0 Å². The summed E-state index contributed by atoms with van der Waals surface area (Å²) in [5, 5.41) is 2.99. The van der Waals surface area contributed by atoms with Crippen LogP contribution in [0.5, 0.6) is 5.75 Å². The monoisotopic (exact) mass is 239 g/mol. The van der Waals surface area contributed by atoms with Gasteiger partial charge in [0.15, 0.2) is 0 Å². The summed E-state index contributed by atoms with van der Waals surface area (Å²) in [7, 11) is 0. The van der Waals surface area contributed by atoms with Crippen LogP contribution in [0.2, 0.25) is 0 Å². The van der Waals surface area contributed by atoms with Gasteiger partial charge >= 0.3 is 5.97 Å². The first-order valence-electron chi connectivity index (χ1n) is 5.14. The van der Waals surface area contributed by atoms with Crippen molar-refractivity contribution in [1.82, 2.24) is 5.32 Å². The fraction of sp³-hybridized carbons (Fsp3) is 0.250. The number of nitrogens with one attached hydrogen (secondary N) is 1. The van der Waals surface area contributed by atoms with Crippen LogP contribution in [0.4, 0.5) is 8.78 Å². The maximum atomic E-state index is 12.9. The molecule has 0 saturated carbocycles. The molecule has 1 aliphatic heterocycles. The topological polar surface area (TPSA) is 38.3 Å². The van der Waals surface area contributed by atoms with E-state index >= 15 is 0 Å². The van der Waals surface area contributed by atoms with Gasteiger partial charge in [-0.25, -0.2) is 13.6 Å². The lowest BCUT2D eigenvalue weighted by atomic mass is 10.1. The molecule has 1 aliphatic rings. The largest absolute Gasteiger partial charge is 0.423 e. The SMILES string of the molecule is CC(C(=O)Oc1cc(F)cc(F)c1)=C1CNC1. The normalized spacial score (nSPS) is 14.2. The molecule has 0 radical (unpaired) electrons. The minimum atomic E-state index is -0.775. The summed E-state index contributed by atoms with van der Waals surface area (Å²) in [4.78, 5) is 11.6. The Balaban J connectivity index is 2.12. The molecular weight excluding hydrogens is 228 g/mol. The van der Waals surface area contributed by atoms with Crippen LogP contribution in [0.1, 0.15) is 6.92 Å². The van der Waals surface area contributed by atoms with Gasteiger partial charge in [0.25, 0.3) is 0 Å². The zero-order valence-corrected chi connectivity index (χ0v) is 9.22. The molecule has 0 amide bonds. The molecule has 1 saturated heterocycles. The van der Waals surface area contributed by atoms with E-state index < -0.39 is 17.6 Å². The van der Waals surface area contributed by atoms with E-state index in [1.807, 2.05) is 0 Å². The number of rotatable bonds is 2. The predicted molar refractivity (Wildman–Crippen MR) is 57.6 cm³/mol. The Labute approximate surface area is 97.1 Å². The number of hydrogen-bond donors (Lipinski definition) is 1. The third-order valence-corrected chi connectivity index (χ3v) is 2.56. The molecule has 1 N–H and O–H groups in total. The standard InChI is InChI=1S/C12H11F2NO2/c1-7(8-5-15-6-8)12(16)17-11-3-9(13)2-10(14)4-11/h2-4,15H,5-6H2,1H3. The molecule has 3 nitrogen and oxygen atoms in total. The number of carbonyl (C=O) groups excluding carboxylic acids is 1. The average molecular weight is 239 g/mol. The Morgan fingerprint density at radius 2 is 1.82 bits per heavy atom. The number of ether oxygens (including phenoxy) is 1. The van der Waals surface area contributed by atoms with Gasteiger partial charge in [-0.2, -0.15) is 0 Å². The van der Waals surface area contributed by atoms with Crippen LogP contribution >= 0.6 is 0 Å². The van der Waals surface area contributed by atoms with E-state index in [9.17, 15) is 13.6 Å². The second-order valence-electron chi connectivity index (χ2n) is 3.83. The van der Waals surface area contributed by atoms with Gasteiger partial charge in [-0.1, -0.05) is 0 Å². The molecule has 2 rings (SSSR count). The summed E-state index contributed by atoms with van der Waals surface area (Å²) in [5.41, 5.74) is 1.43. The lowest BCUT2D eigenvalue weighted by Crippen LogP contribution is -2.36. The second-order valence-corrected chi connectivity index (χ2v) is 3.83. The Kier molecular flexibility index (Phi) is 3.19. The van der Waals surface area contributed by atoms with E-state index in [1.54, 1.807) is 6.92 Å². The molecule has 5 heteroatoms. The Morgan fingerprint density at radius 3 is 2.29 bits per heavy atom. The van der Waals surface area contributed by atoms with Gasteiger partial charge in [-0.05, 0) is 12.5 Å². The van der Waals surface area contributed by atoms with Gasteiger partial charge in [-0.15, -0.1) is 0 Å². The van der Waals surface area contributed by atoms with Crippen LogP contribution in [0.3, 0.4) is 0 Å². The van der Waals surface area contributed by atoms with Crippen LogP contribution in [-0.4, -0.2) is 19.1 Å². The van der Waals surface area contributed by atoms with Gasteiger partial charge in [-0.3, -0.25) is 0 Å². The van der Waals surface area contributed by atoms with E-state index in [0.29, 0.717) is 18.7 Å². The number of hydrogen-bond acceptors (Lipinski definition) is 3. The van der Waals surface area contributed by atoms with Gasteiger partial charge in [0, 0.05) is 36.9 Å². The van der Waals surface area contributed by atoms with E-state index in [-0.39, 0.29) is 5.75 Å². The van der Waals surface area contributed by atoms with Crippen molar-refractivity contribution in [2.45, 2.75) is 6.92 Å². The van der Waals surface area contributed by atoms with E-state index in [1.165, 1.54) is 0 Å². The van der Waals surface area contributed by atoms with Crippen LogP contribution in [0.25, 0.3) is 0 Å². The quantitative estimate of drug-likeness (QED) is 0.486. The van der Waals surface area contributed by atoms with Gasteiger partial charge < -0.3 is 10.1 Å². The minimum absolute atomic E-state index is 0.125. The highest BCUT2D eigenvalue weighted by molar-refractivity contribution is 5.90. The average Bonchev–Trinajstić information content (AvgIpc) is 2.12. The minimum Gasteiger partial charge on any atom is -0.423 e. The highest BCUT2D eigenvalue weighted by atomic mass is 19.1. The molecule has 1 aromatic carbocycles. The van der Waals surface area contributed by atoms with Crippen molar-refractivity contribution in [3.8, 4) is 5.75 Å². The van der Waals surface area contributed by atoms with E-state index in [0.717, 1.165) is 23.8 Å². The zero-order valence-electron chi connectivity index (χ0n) is 9.22. The first-order valence-corrected chi connectivity index (χ1v) is 5.14. The summed E-state index contributed by atoms with van der Waals surface area (Å²) in [6, 6.07) is 2.66. The number of carbonyl (C=O) groups is 1. The molecular formula is C12H11F2NO2. The molecule has 0 unspecified atom stereocenters. The third-order valence-electron chi connectivity index (χ3n) is 2.56. The fourth-order valence-corrected chi connectivity index (χ4v) is 1.43. The number of esters is 1. The van der Waals surface area contributed by atoms with Gasteiger partial charge in [0.1, 0.15) is 17.4 Å². The molecule has 0 spiro atoms. The summed E-state index contributed by atoms with van der Waals surface area (Å²) in [6.45, 7) is 2.94. The van der Waals surface area contributed by atoms with Crippen molar-refractivity contribution in [2.24, 2.45) is 0 Å². The molecule has 0 aromatic heterocycles. The Bertz CT molecular complexity index is 471. The summed E-state index contributed by atoms with van der Waals surface area (Å²) in [5.74, 6) is -2.25. The molecule has 1 heterocycles. The molecule has 0 bridgehead atoms. The first kappa shape index (κ1) is 11.7. The lowest BCUT2D eigenvalue weighted by molar-refractivity contribution is -0.130. The third kappa shape index (κ3) is 2.68. The van der Waals surface area contributed by atoms with Crippen molar-refractivity contribution in [3.63, 3.8) is 0 Å². The molecule has 0 aliphatic carbocycles. The summed E-state index contributed by atoms with van der Waals surface area (Å²) < 4.78 is 30.6. The van der Waals surface area contributed by atoms with E-state index in [2.05, 4.69) is 5.32 Å². The maximum Gasteiger partial charge on any atom is 0.339 e. The van der Waals surface area contributed by atoms with Crippen LogP contribution < -0.4 is 10.1 Å². The highest BCUT2D eigenvalue weighted by Gasteiger charge is 2.18. The van der Waals surface area contributed by atoms with Crippen LogP contribution in [-0.2, 0) is 4.79 Å². The highest BCUT2D eigenvalue weighted by Crippen LogP contribution is 2.18. The van der Waals surface area contributed by atoms with Crippen LogP contribution in [0.15, 0.2) is 29.3 Å². The Hall–Kier alpha value is -1.75. The van der Waals surface area contributed by atoms with Crippen molar-refractivity contribution >= 4 is 5.97 Å². The molecule has 1 aromatic rings. The Morgan fingerprint density at radius 1 is 1.24 bits per heavy atom. The van der Waals surface area contributed by atoms with Crippen molar-refractivity contribution in [2.75, 3.05) is 13.1 Å². The number of benzene rings is 1. The van der Waals surface area contributed by atoms with Crippen molar-refractivity contribution in [1.29, 1.82) is 0 Å². The van der Waals surface area contributed by atoms with Gasteiger partial charge in [0.2, 0.25) is 0 Å². The molecule has 0 atom stereocenters. The zero-order chi connectivity index (χ0) is 12.4. The smallest absolute Gasteiger partial charge is 0.339 e. The fourth-order valence-electron chi connectivity index (χ4n) is 1.43. The predicted octanol–water partition coefficient (Wildman–Crippen LogP) is 1.79. The maximum absolute atomic E-state index is 12.9. The molecule has 17 heavy (non-hydrogen) atoms. The van der Waals surface area contributed by atoms with Crippen molar-refractivity contribution < 1.29 is 18.3 Å². The van der Waals surface area contributed by atoms with Crippen LogP contribution in [0, 0.1) is 11.6 Å². The van der Waals surface area contributed by atoms with E-state index in [4.69, 9.17) is 4.74 Å². The first-order chi connectivity index (χ1) is 8.06. The molecule has 90 valence electrons. The summed E-state index contributed by atoms with van der Waals surface area (Å²) in [6.07, 6.45) is 0. The van der Waals surface area contributed by atoms with Crippen molar-refractivity contribution in [3.05, 3.63) is 41.0 Å². The number of halogens is 2.